The number of amides is 1. The van der Waals surface area contributed by atoms with Crippen LogP contribution in [0.5, 0.6) is 0 Å². The average Bonchev–Trinajstić information content (AvgIpc) is 2.01. The number of rotatable bonds is 5. The van der Waals surface area contributed by atoms with Crippen molar-refractivity contribution in [1.82, 2.24) is 4.90 Å². The van der Waals surface area contributed by atoms with Gasteiger partial charge in [0.25, 0.3) is 0 Å². The number of carboxylic acid groups (broad SMARTS) is 1. The minimum Gasteiger partial charge on any atom is -0.481 e. The highest BCUT2D eigenvalue weighted by molar-refractivity contribution is 5.78. The second-order valence-corrected chi connectivity index (χ2v) is 4.29. The molecule has 0 radical (unpaired) electrons. The summed E-state index contributed by atoms with van der Waals surface area (Å²) in [6.45, 7) is 5.78. The van der Waals surface area contributed by atoms with Crippen LogP contribution in [0.15, 0.2) is 0 Å². The van der Waals surface area contributed by atoms with Gasteiger partial charge < -0.3 is 14.7 Å². The summed E-state index contributed by atoms with van der Waals surface area (Å²) >= 11 is 0. The van der Waals surface area contributed by atoms with Crippen LogP contribution in [0.1, 0.15) is 27.2 Å². The number of aliphatic carboxylic acids is 1. The van der Waals surface area contributed by atoms with Crippen LogP contribution in [0.3, 0.4) is 0 Å². The van der Waals surface area contributed by atoms with Gasteiger partial charge >= 0.3 is 5.97 Å². The second-order valence-electron chi connectivity index (χ2n) is 4.29. The van der Waals surface area contributed by atoms with Crippen LogP contribution in [-0.4, -0.2) is 47.7 Å². The number of ether oxygens (including phenoxy) is 1. The van der Waals surface area contributed by atoms with Crippen molar-refractivity contribution in [3.05, 3.63) is 0 Å². The van der Waals surface area contributed by atoms with Crippen molar-refractivity contribution in [2.24, 2.45) is 0 Å². The Bertz CT molecular complexity index is 232. The number of carbonyl (C=O) groups excluding carboxylic acids is 1. The maximum atomic E-state index is 11.6. The first-order chi connectivity index (χ1) is 6.79. The van der Waals surface area contributed by atoms with Crippen molar-refractivity contribution in [3.8, 4) is 0 Å². The average molecular weight is 217 g/mol. The Kier molecular flexibility index (Phi) is 5.28. The Balaban J connectivity index is 4.45. The smallest absolute Gasteiger partial charge is 0.305 e. The van der Waals surface area contributed by atoms with E-state index in [1.807, 2.05) is 20.8 Å². The molecule has 0 aliphatic carbocycles. The van der Waals surface area contributed by atoms with Crippen LogP contribution in [0.25, 0.3) is 0 Å². The lowest BCUT2D eigenvalue weighted by Gasteiger charge is -2.35. The quantitative estimate of drug-likeness (QED) is 0.737. The van der Waals surface area contributed by atoms with E-state index in [4.69, 9.17) is 9.84 Å². The van der Waals surface area contributed by atoms with Crippen LogP contribution in [0.4, 0.5) is 0 Å². The van der Waals surface area contributed by atoms with Crippen LogP contribution in [-0.2, 0) is 14.3 Å². The molecule has 0 saturated carbocycles. The zero-order chi connectivity index (χ0) is 12.1. The van der Waals surface area contributed by atoms with Crippen molar-refractivity contribution in [3.63, 3.8) is 0 Å². The first kappa shape index (κ1) is 13.9. The van der Waals surface area contributed by atoms with Gasteiger partial charge in [-0.25, -0.2) is 0 Å². The molecule has 5 nitrogen and oxygen atoms in total. The molecule has 1 N–H and O–H groups in total. The third-order valence-corrected chi connectivity index (χ3v) is 1.93. The van der Waals surface area contributed by atoms with Gasteiger partial charge in [0.1, 0.15) is 6.61 Å². The largest absolute Gasteiger partial charge is 0.481 e. The lowest BCUT2D eigenvalue weighted by molar-refractivity contribution is -0.142. The topological polar surface area (TPSA) is 66.8 Å². The summed E-state index contributed by atoms with van der Waals surface area (Å²) < 4.78 is 4.75. The standard InChI is InChI=1S/C10H19NO4/c1-10(2,3)11(6-5-9(13)14)8(12)7-15-4/h5-7H2,1-4H3,(H,13,14). The number of carbonyl (C=O) groups is 2. The summed E-state index contributed by atoms with van der Waals surface area (Å²) in [5, 5.41) is 8.57. The number of nitrogens with zero attached hydrogens (tertiary/aromatic N) is 1. The molecule has 0 aliphatic heterocycles. The van der Waals surface area contributed by atoms with E-state index in [1.165, 1.54) is 12.0 Å². The van der Waals surface area contributed by atoms with E-state index >= 15 is 0 Å². The molecule has 0 unspecified atom stereocenters. The molecule has 0 aromatic rings. The van der Waals surface area contributed by atoms with Gasteiger partial charge in [0.2, 0.25) is 5.91 Å². The fraction of sp³-hybridized carbons (Fsp3) is 0.800. The van der Waals surface area contributed by atoms with E-state index in [-0.39, 0.29) is 31.0 Å². The van der Waals surface area contributed by atoms with Crippen molar-refractivity contribution in [2.45, 2.75) is 32.7 Å². The monoisotopic (exact) mass is 217 g/mol. The molecule has 5 heteroatoms. The highest BCUT2D eigenvalue weighted by Gasteiger charge is 2.26. The van der Waals surface area contributed by atoms with Gasteiger partial charge in [-0.15, -0.1) is 0 Å². The van der Waals surface area contributed by atoms with E-state index in [9.17, 15) is 9.59 Å². The molecular weight excluding hydrogens is 198 g/mol. The van der Waals surface area contributed by atoms with Gasteiger partial charge in [-0.1, -0.05) is 0 Å². The molecule has 0 aliphatic rings. The van der Waals surface area contributed by atoms with Gasteiger partial charge in [0.05, 0.1) is 6.42 Å². The molecule has 0 spiro atoms. The molecular formula is C10H19NO4. The summed E-state index contributed by atoms with van der Waals surface area (Å²) in [6, 6.07) is 0. The first-order valence-electron chi connectivity index (χ1n) is 4.80. The van der Waals surface area contributed by atoms with Crippen molar-refractivity contribution < 1.29 is 19.4 Å². The molecule has 0 rings (SSSR count). The van der Waals surface area contributed by atoms with E-state index in [0.717, 1.165) is 0 Å². The summed E-state index contributed by atoms with van der Waals surface area (Å²) in [6.07, 6.45) is -0.0489. The Morgan fingerprint density at radius 2 is 1.87 bits per heavy atom. The van der Waals surface area contributed by atoms with E-state index in [2.05, 4.69) is 0 Å². The second kappa shape index (κ2) is 5.70. The number of carboxylic acids is 1. The predicted molar refractivity (Wildman–Crippen MR) is 55.6 cm³/mol. The van der Waals surface area contributed by atoms with Crippen LogP contribution >= 0.6 is 0 Å². The molecule has 0 saturated heterocycles. The molecule has 0 heterocycles. The molecule has 1 amide bonds. The van der Waals surface area contributed by atoms with E-state index in [1.54, 1.807) is 0 Å². The minimum atomic E-state index is -0.908. The fourth-order valence-corrected chi connectivity index (χ4v) is 1.24. The summed E-state index contributed by atoms with van der Waals surface area (Å²) in [5.41, 5.74) is -0.384. The van der Waals surface area contributed by atoms with Gasteiger partial charge in [0.15, 0.2) is 0 Å². The van der Waals surface area contributed by atoms with Crippen molar-refractivity contribution in [1.29, 1.82) is 0 Å². The zero-order valence-electron chi connectivity index (χ0n) is 9.74. The molecule has 88 valence electrons. The lowest BCUT2D eigenvalue weighted by atomic mass is 10.1. The third-order valence-electron chi connectivity index (χ3n) is 1.93. The predicted octanol–water partition coefficient (Wildman–Crippen LogP) is 0.735. The number of methoxy groups -OCH3 is 1. The normalized spacial score (nSPS) is 11.2. The fourth-order valence-electron chi connectivity index (χ4n) is 1.24. The van der Waals surface area contributed by atoms with Crippen LogP contribution < -0.4 is 0 Å². The van der Waals surface area contributed by atoms with Crippen molar-refractivity contribution in [2.75, 3.05) is 20.3 Å². The Morgan fingerprint density at radius 3 is 2.20 bits per heavy atom. The molecule has 0 fully saturated rings. The van der Waals surface area contributed by atoms with Gasteiger partial charge in [-0.2, -0.15) is 0 Å². The third kappa shape index (κ3) is 5.37. The SMILES string of the molecule is COCC(=O)N(CCC(=O)O)C(C)(C)C. The minimum absolute atomic E-state index is 0.0170. The Labute approximate surface area is 90.0 Å². The number of hydrogen-bond acceptors (Lipinski definition) is 3. The highest BCUT2D eigenvalue weighted by atomic mass is 16.5. The summed E-state index contributed by atoms with van der Waals surface area (Å²) in [4.78, 5) is 23.6. The van der Waals surface area contributed by atoms with Crippen LogP contribution in [0.2, 0.25) is 0 Å². The van der Waals surface area contributed by atoms with Gasteiger partial charge in [0, 0.05) is 19.2 Å². The van der Waals surface area contributed by atoms with Gasteiger partial charge in [-0.3, -0.25) is 9.59 Å². The first-order valence-corrected chi connectivity index (χ1v) is 4.80. The van der Waals surface area contributed by atoms with E-state index < -0.39 is 5.97 Å². The summed E-state index contributed by atoms with van der Waals surface area (Å²) in [7, 11) is 1.44. The molecule has 0 bridgehead atoms. The maximum absolute atomic E-state index is 11.6. The van der Waals surface area contributed by atoms with Gasteiger partial charge in [-0.05, 0) is 20.8 Å². The summed E-state index contributed by atoms with van der Waals surface area (Å²) in [5.74, 6) is -1.10. The lowest BCUT2D eigenvalue weighted by Crippen LogP contribution is -2.48. The van der Waals surface area contributed by atoms with Crippen LogP contribution in [0, 0.1) is 0 Å². The molecule has 0 aromatic heterocycles. The Morgan fingerprint density at radius 1 is 1.33 bits per heavy atom. The zero-order valence-corrected chi connectivity index (χ0v) is 9.74. The highest BCUT2D eigenvalue weighted by Crippen LogP contribution is 2.14. The van der Waals surface area contributed by atoms with E-state index in [0.29, 0.717) is 0 Å². The molecule has 15 heavy (non-hydrogen) atoms. The number of hydrogen-bond donors (Lipinski definition) is 1. The molecule has 0 atom stereocenters. The maximum Gasteiger partial charge on any atom is 0.305 e. The van der Waals surface area contributed by atoms with Crippen molar-refractivity contribution >= 4 is 11.9 Å². The molecule has 0 aromatic carbocycles. The Hall–Kier alpha value is -1.10.